The van der Waals surface area contributed by atoms with E-state index in [-0.39, 0.29) is 18.4 Å². The minimum Gasteiger partial charge on any atom is -0.356 e. The number of para-hydroxylation sites is 1. The second kappa shape index (κ2) is 7.17. The van der Waals surface area contributed by atoms with Gasteiger partial charge < -0.3 is 9.84 Å². The van der Waals surface area contributed by atoms with E-state index in [1.807, 2.05) is 31.2 Å². The summed E-state index contributed by atoms with van der Waals surface area (Å²) in [6.45, 7) is 1.83. The van der Waals surface area contributed by atoms with Crippen molar-refractivity contribution in [1.82, 2.24) is 10.5 Å². The van der Waals surface area contributed by atoms with Crippen molar-refractivity contribution >= 4 is 32.6 Å². The summed E-state index contributed by atoms with van der Waals surface area (Å²) in [4.78, 5) is 12.3. The van der Waals surface area contributed by atoms with E-state index in [2.05, 4.69) is 15.2 Å². The van der Waals surface area contributed by atoms with Crippen LogP contribution in [0, 0.1) is 0 Å². The second-order valence-corrected chi connectivity index (χ2v) is 7.84. The highest BCUT2D eigenvalue weighted by atomic mass is 32.2. The van der Waals surface area contributed by atoms with Crippen molar-refractivity contribution in [3.8, 4) is 0 Å². The number of hydrogen-bond donors (Lipinski definition) is 2. The largest absolute Gasteiger partial charge is 0.356 e. The van der Waals surface area contributed by atoms with Gasteiger partial charge in [0.15, 0.2) is 5.58 Å². The maximum atomic E-state index is 12.3. The van der Waals surface area contributed by atoms with Gasteiger partial charge in [0.05, 0.1) is 18.7 Å². The maximum absolute atomic E-state index is 12.3. The lowest BCUT2D eigenvalue weighted by Gasteiger charge is -2.15. The third-order valence-electron chi connectivity index (χ3n) is 3.85. The first-order valence-corrected chi connectivity index (χ1v) is 9.91. The molecule has 0 aliphatic heterocycles. The van der Waals surface area contributed by atoms with Crippen LogP contribution in [0.3, 0.4) is 0 Å². The van der Waals surface area contributed by atoms with Crippen molar-refractivity contribution in [2.24, 2.45) is 0 Å². The lowest BCUT2D eigenvalue weighted by molar-refractivity contribution is -0.121. The highest BCUT2D eigenvalue weighted by molar-refractivity contribution is 7.92. The van der Waals surface area contributed by atoms with Crippen LogP contribution in [0.5, 0.6) is 0 Å². The molecule has 0 saturated carbocycles. The second-order valence-electron chi connectivity index (χ2n) is 6.09. The zero-order chi connectivity index (χ0) is 18.7. The minimum absolute atomic E-state index is 0.0998. The van der Waals surface area contributed by atoms with Crippen LogP contribution < -0.4 is 10.0 Å². The summed E-state index contributed by atoms with van der Waals surface area (Å²) < 4.78 is 30.3. The Kier molecular flexibility index (Phi) is 4.94. The summed E-state index contributed by atoms with van der Waals surface area (Å²) in [5, 5.41) is 7.66. The van der Waals surface area contributed by atoms with Gasteiger partial charge in [0, 0.05) is 11.1 Å². The normalized spacial score (nSPS) is 12.7. The summed E-state index contributed by atoms with van der Waals surface area (Å²) in [6, 6.07) is 14.0. The van der Waals surface area contributed by atoms with Crippen molar-refractivity contribution in [3.63, 3.8) is 0 Å². The number of amides is 1. The number of nitrogens with zero attached hydrogens (tertiary/aromatic N) is 1. The van der Waals surface area contributed by atoms with E-state index < -0.39 is 10.0 Å². The summed E-state index contributed by atoms with van der Waals surface area (Å²) in [6.07, 6.45) is 1.19. The molecule has 0 aliphatic carbocycles. The first-order chi connectivity index (χ1) is 12.3. The average Bonchev–Trinajstić information content (AvgIpc) is 2.96. The molecular weight excluding hydrogens is 354 g/mol. The quantitative estimate of drug-likeness (QED) is 0.692. The van der Waals surface area contributed by atoms with Crippen LogP contribution in [0.2, 0.25) is 0 Å². The molecule has 1 heterocycles. The first-order valence-electron chi connectivity index (χ1n) is 8.02. The summed E-state index contributed by atoms with van der Waals surface area (Å²) in [7, 11) is -3.35. The zero-order valence-electron chi connectivity index (χ0n) is 14.4. The highest BCUT2D eigenvalue weighted by Crippen LogP contribution is 2.20. The van der Waals surface area contributed by atoms with Gasteiger partial charge in [-0.2, -0.15) is 0 Å². The fourth-order valence-corrected chi connectivity index (χ4v) is 3.23. The number of hydrogen-bond acceptors (Lipinski definition) is 5. The lowest BCUT2D eigenvalue weighted by atomic mass is 10.1. The van der Waals surface area contributed by atoms with Crippen LogP contribution in [-0.4, -0.2) is 25.7 Å². The lowest BCUT2D eigenvalue weighted by Crippen LogP contribution is -2.28. The molecule has 0 aliphatic rings. The van der Waals surface area contributed by atoms with E-state index in [4.69, 9.17) is 4.52 Å². The summed E-state index contributed by atoms with van der Waals surface area (Å²) in [5.74, 6) is -0.196. The number of aromatic nitrogens is 1. The Bertz CT molecular complexity index is 1040. The Morgan fingerprint density at radius 1 is 1.19 bits per heavy atom. The van der Waals surface area contributed by atoms with Crippen LogP contribution in [0.25, 0.3) is 11.0 Å². The molecule has 0 spiro atoms. The number of anilines is 1. The van der Waals surface area contributed by atoms with Crippen molar-refractivity contribution in [2.75, 3.05) is 11.0 Å². The van der Waals surface area contributed by atoms with E-state index >= 15 is 0 Å². The van der Waals surface area contributed by atoms with E-state index in [1.54, 1.807) is 24.3 Å². The smallest absolute Gasteiger partial charge is 0.229 e. The molecule has 1 aromatic heterocycles. The van der Waals surface area contributed by atoms with Gasteiger partial charge in [-0.3, -0.25) is 9.52 Å². The van der Waals surface area contributed by atoms with E-state index in [0.29, 0.717) is 17.0 Å². The fraction of sp³-hybridized carbons (Fsp3) is 0.222. The van der Waals surface area contributed by atoms with Gasteiger partial charge in [-0.25, -0.2) is 8.42 Å². The van der Waals surface area contributed by atoms with Gasteiger partial charge in [0.1, 0.15) is 5.69 Å². The standard InChI is InChI=1S/C18H19N3O4S/c1-12(13-6-5-7-14(10-13)21-26(2,23)24)19-18(22)11-16-15-8-3-4-9-17(15)25-20-16/h3-10,12,21H,11H2,1-2H3,(H,19,22)/t12-/m0/s1. The first kappa shape index (κ1) is 17.9. The number of fused-ring (bicyclic) bond motifs is 1. The SMILES string of the molecule is C[C@H](NC(=O)Cc1noc2ccccc12)c1cccc(NS(C)(=O)=O)c1. The summed E-state index contributed by atoms with van der Waals surface area (Å²) in [5.41, 5.74) is 2.46. The molecule has 1 atom stereocenters. The summed E-state index contributed by atoms with van der Waals surface area (Å²) >= 11 is 0. The van der Waals surface area contributed by atoms with Gasteiger partial charge in [-0.15, -0.1) is 0 Å². The molecule has 136 valence electrons. The molecule has 7 nitrogen and oxygen atoms in total. The molecule has 3 rings (SSSR count). The molecule has 3 aromatic rings. The Balaban J connectivity index is 1.68. The number of sulfonamides is 1. The third kappa shape index (κ3) is 4.40. The van der Waals surface area contributed by atoms with E-state index in [9.17, 15) is 13.2 Å². The van der Waals surface area contributed by atoms with Crippen LogP contribution in [-0.2, 0) is 21.2 Å². The van der Waals surface area contributed by atoms with Gasteiger partial charge in [-0.1, -0.05) is 29.4 Å². The monoisotopic (exact) mass is 373 g/mol. The Morgan fingerprint density at radius 3 is 2.73 bits per heavy atom. The van der Waals surface area contributed by atoms with Gasteiger partial charge in [-0.05, 0) is 36.8 Å². The van der Waals surface area contributed by atoms with Crippen LogP contribution in [0.15, 0.2) is 53.1 Å². The number of nitrogens with one attached hydrogen (secondary N) is 2. The Hall–Kier alpha value is -2.87. The molecule has 0 fully saturated rings. The number of benzene rings is 2. The van der Waals surface area contributed by atoms with E-state index in [1.165, 1.54) is 0 Å². The molecular formula is C18H19N3O4S. The highest BCUT2D eigenvalue weighted by Gasteiger charge is 2.15. The molecule has 0 unspecified atom stereocenters. The predicted molar refractivity (Wildman–Crippen MR) is 99.2 cm³/mol. The van der Waals surface area contributed by atoms with Crippen molar-refractivity contribution in [1.29, 1.82) is 0 Å². The fourth-order valence-electron chi connectivity index (χ4n) is 2.68. The maximum Gasteiger partial charge on any atom is 0.229 e. The molecule has 0 radical (unpaired) electrons. The minimum atomic E-state index is -3.35. The Morgan fingerprint density at radius 2 is 1.96 bits per heavy atom. The van der Waals surface area contributed by atoms with E-state index in [0.717, 1.165) is 17.2 Å². The molecule has 0 saturated heterocycles. The zero-order valence-corrected chi connectivity index (χ0v) is 15.2. The Labute approximate surface area is 151 Å². The van der Waals surface area contributed by atoms with Crippen molar-refractivity contribution in [2.45, 2.75) is 19.4 Å². The van der Waals surface area contributed by atoms with Crippen molar-refractivity contribution < 1.29 is 17.7 Å². The molecule has 8 heteroatoms. The van der Waals surface area contributed by atoms with Gasteiger partial charge >= 0.3 is 0 Å². The molecule has 1 amide bonds. The van der Waals surface area contributed by atoms with Gasteiger partial charge in [0.25, 0.3) is 0 Å². The van der Waals surface area contributed by atoms with Crippen LogP contribution in [0.4, 0.5) is 5.69 Å². The van der Waals surface area contributed by atoms with Crippen LogP contribution >= 0.6 is 0 Å². The van der Waals surface area contributed by atoms with Crippen molar-refractivity contribution in [3.05, 3.63) is 59.8 Å². The van der Waals surface area contributed by atoms with Gasteiger partial charge in [0.2, 0.25) is 15.9 Å². The average molecular weight is 373 g/mol. The van der Waals surface area contributed by atoms with Crippen LogP contribution in [0.1, 0.15) is 24.2 Å². The molecule has 2 aromatic carbocycles. The number of carbonyl (C=O) groups excluding carboxylic acids is 1. The number of rotatable bonds is 6. The molecule has 2 N–H and O–H groups in total. The molecule has 0 bridgehead atoms. The molecule has 26 heavy (non-hydrogen) atoms. The third-order valence-corrected chi connectivity index (χ3v) is 4.45. The number of carbonyl (C=O) groups is 1. The topological polar surface area (TPSA) is 101 Å². The predicted octanol–water partition coefficient (Wildman–Crippen LogP) is 2.62.